The third-order valence-corrected chi connectivity index (χ3v) is 3.69. The van der Waals surface area contributed by atoms with Gasteiger partial charge in [-0.15, -0.1) is 11.8 Å². The predicted molar refractivity (Wildman–Crippen MR) is 80.7 cm³/mol. The topological polar surface area (TPSA) is 92.4 Å². The lowest BCUT2D eigenvalue weighted by molar-refractivity contribution is -0.137. The molecule has 0 spiro atoms. The van der Waals surface area contributed by atoms with Gasteiger partial charge in [-0.25, -0.2) is 0 Å². The molecule has 18 heavy (non-hydrogen) atoms. The Morgan fingerprint density at radius 3 is 2.83 bits per heavy atom. The standard InChI is InChI=1S/C11H13IN2O3S/c12-7-2-1-3-8(4-7)14-10(15)6-18-5-9(13)11(16)17/h1-4,9H,5-6,13H2,(H,14,15)(H,16,17). The van der Waals surface area contributed by atoms with E-state index in [1.807, 2.05) is 18.2 Å². The molecule has 0 saturated carbocycles. The Morgan fingerprint density at radius 1 is 1.50 bits per heavy atom. The van der Waals surface area contributed by atoms with Crippen molar-refractivity contribution in [3.63, 3.8) is 0 Å². The first-order chi connectivity index (χ1) is 8.49. The van der Waals surface area contributed by atoms with Gasteiger partial charge in [0.2, 0.25) is 5.91 Å². The maximum absolute atomic E-state index is 11.6. The number of thioether (sulfide) groups is 1. The molecule has 0 fully saturated rings. The number of anilines is 1. The van der Waals surface area contributed by atoms with E-state index in [4.69, 9.17) is 10.8 Å². The van der Waals surface area contributed by atoms with Crippen LogP contribution in [0.1, 0.15) is 0 Å². The first-order valence-corrected chi connectivity index (χ1v) is 7.34. The number of aliphatic carboxylic acids is 1. The van der Waals surface area contributed by atoms with Crippen LogP contribution in [0.5, 0.6) is 0 Å². The summed E-state index contributed by atoms with van der Waals surface area (Å²) >= 11 is 3.36. The number of benzene rings is 1. The van der Waals surface area contributed by atoms with Crippen LogP contribution in [-0.2, 0) is 9.59 Å². The summed E-state index contributed by atoms with van der Waals surface area (Å²) in [5, 5.41) is 11.3. The fourth-order valence-corrected chi connectivity index (χ4v) is 2.43. The summed E-state index contributed by atoms with van der Waals surface area (Å²) in [7, 11) is 0. The first kappa shape index (κ1) is 15.3. The number of rotatable bonds is 6. The van der Waals surface area contributed by atoms with Crippen LogP contribution in [-0.4, -0.2) is 34.5 Å². The SMILES string of the molecule is NC(CSCC(=O)Nc1cccc(I)c1)C(=O)O. The van der Waals surface area contributed by atoms with Gasteiger partial charge in [-0.3, -0.25) is 9.59 Å². The minimum absolute atomic E-state index is 0.167. The largest absolute Gasteiger partial charge is 0.480 e. The molecule has 0 aliphatic rings. The van der Waals surface area contributed by atoms with Crippen molar-refractivity contribution in [1.82, 2.24) is 0 Å². The summed E-state index contributed by atoms with van der Waals surface area (Å²) in [5.41, 5.74) is 6.05. The Bertz CT molecular complexity index is 442. The number of hydrogen-bond donors (Lipinski definition) is 3. The van der Waals surface area contributed by atoms with E-state index in [9.17, 15) is 9.59 Å². The number of carboxylic acids is 1. The number of hydrogen-bond acceptors (Lipinski definition) is 4. The van der Waals surface area contributed by atoms with Crippen molar-refractivity contribution in [1.29, 1.82) is 0 Å². The van der Waals surface area contributed by atoms with E-state index in [1.165, 1.54) is 11.8 Å². The summed E-state index contributed by atoms with van der Waals surface area (Å²) < 4.78 is 1.03. The van der Waals surface area contributed by atoms with Crippen LogP contribution >= 0.6 is 34.4 Å². The summed E-state index contributed by atoms with van der Waals surface area (Å²) in [5.74, 6) is -0.818. The second kappa shape index (κ2) is 7.59. The van der Waals surface area contributed by atoms with Crippen LogP contribution < -0.4 is 11.1 Å². The molecule has 0 aliphatic carbocycles. The maximum atomic E-state index is 11.6. The Morgan fingerprint density at radius 2 is 2.22 bits per heavy atom. The van der Waals surface area contributed by atoms with E-state index < -0.39 is 12.0 Å². The van der Waals surface area contributed by atoms with Gasteiger partial charge in [0.05, 0.1) is 5.75 Å². The van der Waals surface area contributed by atoms with Crippen LogP contribution in [0.3, 0.4) is 0 Å². The monoisotopic (exact) mass is 380 g/mol. The van der Waals surface area contributed by atoms with Crippen LogP contribution in [0.25, 0.3) is 0 Å². The highest BCUT2D eigenvalue weighted by Crippen LogP contribution is 2.13. The number of halogens is 1. The molecule has 5 nitrogen and oxygen atoms in total. The van der Waals surface area contributed by atoms with Crippen molar-refractivity contribution in [2.45, 2.75) is 6.04 Å². The molecule has 1 aromatic rings. The molecule has 98 valence electrons. The molecule has 0 aliphatic heterocycles. The lowest BCUT2D eigenvalue weighted by atomic mass is 10.3. The normalized spacial score (nSPS) is 11.9. The quantitative estimate of drug-likeness (QED) is 0.649. The second-order valence-corrected chi connectivity index (χ2v) is 5.79. The molecule has 4 N–H and O–H groups in total. The fourth-order valence-electron chi connectivity index (χ4n) is 1.11. The number of carbonyl (C=O) groups is 2. The average Bonchev–Trinajstić information content (AvgIpc) is 2.28. The molecular formula is C11H13IN2O3S. The smallest absolute Gasteiger partial charge is 0.321 e. The molecule has 1 aromatic carbocycles. The lowest BCUT2D eigenvalue weighted by Crippen LogP contribution is -2.33. The number of nitrogens with two attached hydrogens (primary N) is 1. The van der Waals surface area contributed by atoms with Crippen molar-refractivity contribution in [3.05, 3.63) is 27.8 Å². The van der Waals surface area contributed by atoms with Crippen molar-refractivity contribution < 1.29 is 14.7 Å². The second-order valence-electron chi connectivity index (χ2n) is 3.52. The van der Waals surface area contributed by atoms with Gasteiger partial charge in [0.15, 0.2) is 0 Å². The fraction of sp³-hybridized carbons (Fsp3) is 0.273. The van der Waals surface area contributed by atoms with Crippen LogP contribution in [0.15, 0.2) is 24.3 Å². The van der Waals surface area contributed by atoms with Crippen molar-refractivity contribution in [2.24, 2.45) is 5.73 Å². The van der Waals surface area contributed by atoms with Gasteiger partial charge < -0.3 is 16.2 Å². The molecule has 0 saturated heterocycles. The molecule has 0 aromatic heterocycles. The van der Waals surface area contributed by atoms with Gasteiger partial charge in [-0.05, 0) is 40.8 Å². The van der Waals surface area contributed by atoms with E-state index in [0.717, 1.165) is 9.26 Å². The van der Waals surface area contributed by atoms with Gasteiger partial charge >= 0.3 is 5.97 Å². The molecule has 1 atom stereocenters. The molecule has 7 heteroatoms. The van der Waals surface area contributed by atoms with Crippen LogP contribution in [0.2, 0.25) is 0 Å². The number of amides is 1. The van der Waals surface area contributed by atoms with Crippen molar-refractivity contribution >= 4 is 51.9 Å². The summed E-state index contributed by atoms with van der Waals surface area (Å²) in [6.45, 7) is 0. The van der Waals surface area contributed by atoms with Gasteiger partial charge in [0.1, 0.15) is 6.04 Å². The lowest BCUT2D eigenvalue weighted by Gasteiger charge is -2.07. The Labute approximate surface area is 123 Å². The summed E-state index contributed by atoms with van der Waals surface area (Å²) in [6.07, 6.45) is 0. The van der Waals surface area contributed by atoms with E-state index >= 15 is 0 Å². The zero-order chi connectivity index (χ0) is 13.5. The van der Waals surface area contributed by atoms with E-state index in [2.05, 4.69) is 27.9 Å². The van der Waals surface area contributed by atoms with Crippen molar-refractivity contribution in [3.8, 4) is 0 Å². The average molecular weight is 380 g/mol. The van der Waals surface area contributed by atoms with Gasteiger partial charge in [0.25, 0.3) is 0 Å². The van der Waals surface area contributed by atoms with E-state index in [-0.39, 0.29) is 17.4 Å². The molecule has 1 unspecified atom stereocenters. The summed E-state index contributed by atoms with van der Waals surface area (Å²) in [6, 6.07) is 6.50. The van der Waals surface area contributed by atoms with Gasteiger partial charge in [-0.2, -0.15) is 0 Å². The minimum atomic E-state index is -1.06. The zero-order valence-electron chi connectivity index (χ0n) is 9.43. The van der Waals surface area contributed by atoms with E-state index in [1.54, 1.807) is 6.07 Å². The Hall–Kier alpha value is -0.800. The minimum Gasteiger partial charge on any atom is -0.480 e. The third kappa shape index (κ3) is 5.69. The molecular weight excluding hydrogens is 367 g/mol. The molecule has 0 radical (unpaired) electrons. The number of carbonyl (C=O) groups excluding carboxylic acids is 1. The zero-order valence-corrected chi connectivity index (χ0v) is 12.4. The number of nitrogens with one attached hydrogen (secondary N) is 1. The Kier molecular flexibility index (Phi) is 6.44. The number of carboxylic acid groups (broad SMARTS) is 1. The maximum Gasteiger partial charge on any atom is 0.321 e. The van der Waals surface area contributed by atoms with E-state index in [0.29, 0.717) is 0 Å². The molecule has 0 heterocycles. The molecule has 1 rings (SSSR count). The predicted octanol–water partition coefficient (Wildman–Crippen LogP) is 1.37. The van der Waals surface area contributed by atoms with Gasteiger partial charge in [0, 0.05) is 15.0 Å². The van der Waals surface area contributed by atoms with Crippen LogP contribution in [0.4, 0.5) is 5.69 Å². The highest BCUT2D eigenvalue weighted by Gasteiger charge is 2.12. The first-order valence-electron chi connectivity index (χ1n) is 5.10. The summed E-state index contributed by atoms with van der Waals surface area (Å²) in [4.78, 5) is 22.0. The van der Waals surface area contributed by atoms with Crippen molar-refractivity contribution in [2.75, 3.05) is 16.8 Å². The highest BCUT2D eigenvalue weighted by atomic mass is 127. The Balaban J connectivity index is 2.32. The van der Waals surface area contributed by atoms with Gasteiger partial charge in [-0.1, -0.05) is 6.07 Å². The molecule has 1 amide bonds. The third-order valence-electron chi connectivity index (χ3n) is 1.96. The molecule has 0 bridgehead atoms. The highest BCUT2D eigenvalue weighted by molar-refractivity contribution is 14.1. The van der Waals surface area contributed by atoms with Crippen LogP contribution in [0, 0.1) is 3.57 Å².